The molecular formula is C19H21N3O2. The van der Waals surface area contributed by atoms with Crippen molar-refractivity contribution in [1.29, 1.82) is 0 Å². The van der Waals surface area contributed by atoms with E-state index >= 15 is 0 Å². The van der Waals surface area contributed by atoms with Gasteiger partial charge in [-0.25, -0.2) is 0 Å². The van der Waals surface area contributed by atoms with Crippen molar-refractivity contribution in [1.82, 2.24) is 4.98 Å². The first kappa shape index (κ1) is 16.1. The zero-order valence-electron chi connectivity index (χ0n) is 13.9. The van der Waals surface area contributed by atoms with E-state index in [4.69, 9.17) is 10.2 Å². The number of hydrogen-bond acceptors (Lipinski definition) is 4. The van der Waals surface area contributed by atoms with Crippen LogP contribution in [-0.4, -0.2) is 10.9 Å². The van der Waals surface area contributed by atoms with Gasteiger partial charge in [0.1, 0.15) is 5.52 Å². The number of oxazole rings is 1. The summed E-state index contributed by atoms with van der Waals surface area (Å²) in [4.78, 5) is 15.5. The van der Waals surface area contributed by atoms with Crippen molar-refractivity contribution in [3.8, 4) is 0 Å². The summed E-state index contributed by atoms with van der Waals surface area (Å²) in [5.41, 5.74) is 11.0. The van der Waals surface area contributed by atoms with Crippen LogP contribution in [0.15, 0.2) is 40.8 Å². The Morgan fingerprint density at radius 2 is 1.88 bits per heavy atom. The molecule has 0 saturated carbocycles. The Hall–Kier alpha value is -2.82. The lowest BCUT2D eigenvalue weighted by Gasteiger charge is -2.12. The number of aromatic nitrogens is 1. The fraction of sp³-hybridized carbons (Fsp3) is 0.263. The molecule has 3 aromatic rings. The number of fused-ring (bicyclic) bond motifs is 1. The quantitative estimate of drug-likeness (QED) is 0.724. The second-order valence-corrected chi connectivity index (χ2v) is 5.75. The number of carbonyl (C=O) groups excluding carboxylic acids is 1. The van der Waals surface area contributed by atoms with Crippen LogP contribution in [0.4, 0.5) is 11.7 Å². The van der Waals surface area contributed by atoms with Crippen molar-refractivity contribution in [2.24, 2.45) is 5.73 Å². The van der Waals surface area contributed by atoms with Crippen molar-refractivity contribution < 1.29 is 9.21 Å². The van der Waals surface area contributed by atoms with E-state index in [1.165, 1.54) is 11.1 Å². The van der Waals surface area contributed by atoms with E-state index in [0.717, 1.165) is 29.6 Å². The summed E-state index contributed by atoms with van der Waals surface area (Å²) in [6, 6.07) is 12.2. The van der Waals surface area contributed by atoms with E-state index in [2.05, 4.69) is 42.3 Å². The number of hydrogen-bond donors (Lipinski definition) is 2. The maximum Gasteiger partial charge on any atom is 0.300 e. The third kappa shape index (κ3) is 3.25. The normalized spacial score (nSPS) is 10.9. The summed E-state index contributed by atoms with van der Waals surface area (Å²) in [6.45, 7) is 4.25. The highest BCUT2D eigenvalue weighted by atomic mass is 16.4. The Morgan fingerprint density at radius 3 is 2.50 bits per heavy atom. The zero-order valence-corrected chi connectivity index (χ0v) is 13.9. The van der Waals surface area contributed by atoms with Gasteiger partial charge >= 0.3 is 0 Å². The lowest BCUT2D eigenvalue weighted by atomic mass is 10.0. The molecule has 1 amide bonds. The summed E-state index contributed by atoms with van der Waals surface area (Å²) < 4.78 is 5.82. The first-order chi connectivity index (χ1) is 11.6. The topological polar surface area (TPSA) is 81.1 Å². The van der Waals surface area contributed by atoms with Crippen molar-refractivity contribution in [2.45, 2.75) is 33.1 Å². The van der Waals surface area contributed by atoms with E-state index < -0.39 is 0 Å². The molecule has 0 aliphatic carbocycles. The molecule has 0 bridgehead atoms. The molecule has 1 heterocycles. The highest BCUT2D eigenvalue weighted by molar-refractivity contribution is 5.80. The Balaban J connectivity index is 1.95. The molecule has 3 rings (SSSR count). The average molecular weight is 323 g/mol. The maximum absolute atomic E-state index is 11.1. The third-order valence-corrected chi connectivity index (χ3v) is 4.06. The molecule has 0 unspecified atom stereocenters. The van der Waals surface area contributed by atoms with Gasteiger partial charge < -0.3 is 15.5 Å². The van der Waals surface area contributed by atoms with Crippen LogP contribution in [0.2, 0.25) is 0 Å². The molecule has 0 saturated heterocycles. The van der Waals surface area contributed by atoms with Gasteiger partial charge in [0.15, 0.2) is 5.58 Å². The number of primary amides is 1. The Morgan fingerprint density at radius 1 is 1.17 bits per heavy atom. The minimum absolute atomic E-state index is 0.193. The zero-order chi connectivity index (χ0) is 17.1. The van der Waals surface area contributed by atoms with Gasteiger partial charge in [-0.2, -0.15) is 4.98 Å². The summed E-state index contributed by atoms with van der Waals surface area (Å²) in [6.07, 6.45) is 2.05. The molecule has 5 nitrogen and oxygen atoms in total. The fourth-order valence-corrected chi connectivity index (χ4v) is 2.84. The number of para-hydroxylation sites is 1. The monoisotopic (exact) mass is 323 g/mol. The second-order valence-electron chi connectivity index (χ2n) is 5.75. The highest BCUT2D eigenvalue weighted by Crippen LogP contribution is 2.28. The van der Waals surface area contributed by atoms with Crippen molar-refractivity contribution in [3.05, 3.63) is 53.1 Å². The lowest BCUT2D eigenvalue weighted by molar-refractivity contribution is -0.117. The minimum Gasteiger partial charge on any atom is -0.423 e. The number of nitrogens with zero attached hydrogens (tertiary/aromatic N) is 1. The van der Waals surface area contributed by atoms with Gasteiger partial charge in [0, 0.05) is 5.69 Å². The molecular weight excluding hydrogens is 302 g/mol. The van der Waals surface area contributed by atoms with Crippen LogP contribution < -0.4 is 11.1 Å². The van der Waals surface area contributed by atoms with E-state index in [0.29, 0.717) is 11.6 Å². The van der Waals surface area contributed by atoms with E-state index in [1.54, 1.807) is 0 Å². The Labute approximate surface area is 140 Å². The van der Waals surface area contributed by atoms with E-state index in [-0.39, 0.29) is 12.3 Å². The summed E-state index contributed by atoms with van der Waals surface area (Å²) in [5.74, 6) is -0.364. The Kier molecular flexibility index (Phi) is 4.51. The predicted molar refractivity (Wildman–Crippen MR) is 95.4 cm³/mol. The number of nitrogens with two attached hydrogens (primary N) is 1. The van der Waals surface area contributed by atoms with Crippen molar-refractivity contribution in [2.75, 3.05) is 5.32 Å². The molecule has 3 N–H and O–H groups in total. The van der Waals surface area contributed by atoms with Crippen LogP contribution in [0.1, 0.15) is 30.5 Å². The number of aryl methyl sites for hydroxylation is 2. The number of rotatable bonds is 6. The largest absolute Gasteiger partial charge is 0.423 e. The lowest BCUT2D eigenvalue weighted by Crippen LogP contribution is -2.13. The minimum atomic E-state index is -0.364. The average Bonchev–Trinajstić information content (AvgIpc) is 2.96. The summed E-state index contributed by atoms with van der Waals surface area (Å²) in [5, 5.41) is 3.32. The van der Waals surface area contributed by atoms with E-state index in [1.807, 2.05) is 18.2 Å². The summed E-state index contributed by atoms with van der Waals surface area (Å²) in [7, 11) is 0. The van der Waals surface area contributed by atoms with Crippen LogP contribution in [0.25, 0.3) is 11.1 Å². The van der Waals surface area contributed by atoms with Gasteiger partial charge in [-0.05, 0) is 41.7 Å². The number of anilines is 2. The number of benzene rings is 2. The molecule has 2 aromatic carbocycles. The van der Waals surface area contributed by atoms with Crippen LogP contribution in [0, 0.1) is 0 Å². The molecule has 24 heavy (non-hydrogen) atoms. The molecule has 1 aromatic heterocycles. The van der Waals surface area contributed by atoms with Crippen LogP contribution in [0.5, 0.6) is 0 Å². The first-order valence-corrected chi connectivity index (χ1v) is 8.16. The summed E-state index contributed by atoms with van der Waals surface area (Å²) >= 11 is 0. The third-order valence-electron chi connectivity index (χ3n) is 4.06. The first-order valence-electron chi connectivity index (χ1n) is 8.16. The molecule has 5 heteroatoms. The van der Waals surface area contributed by atoms with Gasteiger partial charge in [-0.3, -0.25) is 4.79 Å². The van der Waals surface area contributed by atoms with Gasteiger partial charge in [-0.1, -0.05) is 38.1 Å². The van der Waals surface area contributed by atoms with Gasteiger partial charge in [-0.15, -0.1) is 0 Å². The van der Waals surface area contributed by atoms with Gasteiger partial charge in [0.05, 0.1) is 6.42 Å². The molecule has 0 fully saturated rings. The smallest absolute Gasteiger partial charge is 0.300 e. The fourth-order valence-electron chi connectivity index (χ4n) is 2.84. The van der Waals surface area contributed by atoms with Gasteiger partial charge in [0.25, 0.3) is 6.01 Å². The van der Waals surface area contributed by atoms with Crippen molar-refractivity contribution in [3.63, 3.8) is 0 Å². The highest BCUT2D eigenvalue weighted by Gasteiger charge is 2.12. The molecule has 124 valence electrons. The van der Waals surface area contributed by atoms with Crippen molar-refractivity contribution >= 4 is 28.7 Å². The van der Waals surface area contributed by atoms with Crippen LogP contribution in [-0.2, 0) is 24.1 Å². The van der Waals surface area contributed by atoms with Gasteiger partial charge in [0.2, 0.25) is 5.91 Å². The number of carbonyl (C=O) groups is 1. The second kappa shape index (κ2) is 6.74. The SMILES string of the molecule is CCc1cccc(CC)c1Nc1nc2ccc(CC(N)=O)cc2o1. The molecule has 0 aliphatic rings. The molecule has 0 aliphatic heterocycles. The number of amides is 1. The van der Waals surface area contributed by atoms with Crippen LogP contribution in [0.3, 0.4) is 0 Å². The predicted octanol–water partition coefficient (Wildman–Crippen LogP) is 3.72. The molecule has 0 atom stereocenters. The number of nitrogens with one attached hydrogen (secondary N) is 1. The van der Waals surface area contributed by atoms with E-state index in [9.17, 15) is 4.79 Å². The molecule has 0 spiro atoms. The Bertz CT molecular complexity index is 861. The maximum atomic E-state index is 11.1. The standard InChI is InChI=1S/C19H21N3O2/c1-3-13-6-5-7-14(4-2)18(13)22-19-21-15-9-8-12(11-17(20)23)10-16(15)24-19/h5-10H,3-4,11H2,1-2H3,(H2,20,23)(H,21,22). The van der Waals surface area contributed by atoms with Crippen LogP contribution >= 0.6 is 0 Å². The molecule has 0 radical (unpaired) electrons.